The van der Waals surface area contributed by atoms with Crippen molar-refractivity contribution in [2.45, 2.75) is 71.1 Å². The Morgan fingerprint density at radius 1 is 1.38 bits per heavy atom. The van der Waals surface area contributed by atoms with Crippen LogP contribution in [0.2, 0.25) is 0 Å². The lowest BCUT2D eigenvalue weighted by Gasteiger charge is -2.32. The van der Waals surface area contributed by atoms with Crippen LogP contribution in [0.3, 0.4) is 0 Å². The van der Waals surface area contributed by atoms with Crippen LogP contribution in [0.5, 0.6) is 0 Å². The molecule has 0 spiro atoms. The molecule has 154 valence electrons. The van der Waals surface area contributed by atoms with Gasteiger partial charge in [-0.25, -0.2) is 4.98 Å². The fraction of sp³-hybridized carbons (Fsp3) is 0.550. The number of aromatic nitrogens is 2. The van der Waals surface area contributed by atoms with Crippen molar-refractivity contribution < 1.29 is 14.3 Å². The highest BCUT2D eigenvalue weighted by atomic mass is 32.1. The number of hydrogen-bond donors (Lipinski definition) is 1. The van der Waals surface area contributed by atoms with Crippen molar-refractivity contribution in [2.24, 2.45) is 0 Å². The Morgan fingerprint density at radius 3 is 2.72 bits per heavy atom. The lowest BCUT2D eigenvalue weighted by Crippen LogP contribution is -2.52. The molecule has 0 unspecified atom stereocenters. The Morgan fingerprint density at radius 2 is 2.07 bits per heavy atom. The van der Waals surface area contributed by atoms with Gasteiger partial charge in [0.1, 0.15) is 16.9 Å². The van der Waals surface area contributed by atoms with Crippen LogP contribution in [0.4, 0.5) is 0 Å². The van der Waals surface area contributed by atoms with E-state index in [0.29, 0.717) is 23.1 Å². The molecule has 29 heavy (non-hydrogen) atoms. The Hall–Kier alpha value is -2.73. The number of fused-ring (bicyclic) bond motifs is 1. The van der Waals surface area contributed by atoms with Crippen molar-refractivity contribution in [3.63, 3.8) is 0 Å². The van der Waals surface area contributed by atoms with E-state index >= 15 is 0 Å². The van der Waals surface area contributed by atoms with Gasteiger partial charge < -0.3 is 10.1 Å². The standard InChI is InChI=1S/C20H24N4O4S/c1-12-14(3)29-18-16(12)19(27)24(11-22-18)9-15(25)28-13(2)17(26)23-20(10-21)7-5-4-6-8-20/h11,13H,4-9H2,1-3H3,(H,23,26)/t13-/m1/s1. The minimum Gasteiger partial charge on any atom is -0.451 e. The number of aryl methyl sites for hydroxylation is 2. The number of hydrogen-bond acceptors (Lipinski definition) is 7. The highest BCUT2D eigenvalue weighted by Gasteiger charge is 2.35. The highest BCUT2D eigenvalue weighted by Crippen LogP contribution is 2.28. The fourth-order valence-electron chi connectivity index (χ4n) is 3.57. The lowest BCUT2D eigenvalue weighted by molar-refractivity contribution is -0.156. The molecule has 3 rings (SSSR count). The van der Waals surface area contributed by atoms with E-state index in [1.807, 2.05) is 13.8 Å². The third-order valence-corrected chi connectivity index (χ3v) is 6.53. The van der Waals surface area contributed by atoms with Gasteiger partial charge in [0.2, 0.25) is 0 Å². The molecule has 0 aliphatic heterocycles. The average molecular weight is 417 g/mol. The Labute approximate surface area is 172 Å². The summed E-state index contributed by atoms with van der Waals surface area (Å²) in [6, 6.07) is 2.20. The van der Waals surface area contributed by atoms with E-state index in [1.54, 1.807) is 0 Å². The third-order valence-electron chi connectivity index (χ3n) is 5.42. The SMILES string of the molecule is Cc1sc2ncn(CC(=O)O[C@H](C)C(=O)NC3(C#N)CCCCC3)c(=O)c2c1C. The normalized spacial score (nSPS) is 16.8. The minimum atomic E-state index is -1.06. The second kappa shape index (κ2) is 8.33. The van der Waals surface area contributed by atoms with Crippen LogP contribution in [-0.2, 0) is 20.9 Å². The zero-order valence-electron chi connectivity index (χ0n) is 16.8. The van der Waals surface area contributed by atoms with Crippen LogP contribution in [0.25, 0.3) is 10.2 Å². The molecule has 1 saturated carbocycles. The predicted octanol–water partition coefficient (Wildman–Crippen LogP) is 2.35. The number of nitrogens with one attached hydrogen (secondary N) is 1. The van der Waals surface area contributed by atoms with Gasteiger partial charge in [-0.1, -0.05) is 19.3 Å². The molecule has 1 fully saturated rings. The van der Waals surface area contributed by atoms with Gasteiger partial charge in [0.15, 0.2) is 6.10 Å². The number of carbonyl (C=O) groups excluding carboxylic acids is 2. The van der Waals surface area contributed by atoms with Crippen molar-refractivity contribution in [3.8, 4) is 6.07 Å². The molecule has 1 N–H and O–H groups in total. The van der Waals surface area contributed by atoms with Crippen molar-refractivity contribution in [2.75, 3.05) is 0 Å². The van der Waals surface area contributed by atoms with E-state index in [-0.39, 0.29) is 12.1 Å². The van der Waals surface area contributed by atoms with Gasteiger partial charge in [0.25, 0.3) is 11.5 Å². The molecule has 0 aromatic carbocycles. The Balaban J connectivity index is 1.66. The average Bonchev–Trinajstić information content (AvgIpc) is 2.99. The molecule has 2 aromatic heterocycles. The van der Waals surface area contributed by atoms with Crippen molar-refractivity contribution in [1.82, 2.24) is 14.9 Å². The largest absolute Gasteiger partial charge is 0.451 e. The minimum absolute atomic E-state index is 0.309. The number of nitriles is 1. The van der Waals surface area contributed by atoms with Crippen LogP contribution in [0, 0.1) is 25.2 Å². The fourth-order valence-corrected chi connectivity index (χ4v) is 4.55. The van der Waals surface area contributed by atoms with Gasteiger partial charge in [-0.15, -0.1) is 11.3 Å². The van der Waals surface area contributed by atoms with Crippen LogP contribution in [0.1, 0.15) is 49.5 Å². The molecule has 0 radical (unpaired) electrons. The van der Waals surface area contributed by atoms with Crippen molar-refractivity contribution in [3.05, 3.63) is 27.1 Å². The Kier molecular flexibility index (Phi) is 6.03. The molecule has 1 aliphatic carbocycles. The molecule has 1 atom stereocenters. The van der Waals surface area contributed by atoms with Crippen molar-refractivity contribution >= 4 is 33.4 Å². The summed E-state index contributed by atoms with van der Waals surface area (Å²) in [5, 5.41) is 12.7. The topological polar surface area (TPSA) is 114 Å². The van der Waals surface area contributed by atoms with Gasteiger partial charge >= 0.3 is 5.97 Å². The molecule has 1 aliphatic rings. The number of thiophene rings is 1. The number of ether oxygens (including phenoxy) is 1. The van der Waals surface area contributed by atoms with E-state index in [0.717, 1.165) is 29.7 Å². The Bertz CT molecular complexity index is 1040. The molecule has 0 saturated heterocycles. The first kappa shape index (κ1) is 21.0. The predicted molar refractivity (Wildman–Crippen MR) is 108 cm³/mol. The maximum atomic E-state index is 12.7. The first-order valence-electron chi connectivity index (χ1n) is 9.64. The van der Waals surface area contributed by atoms with Gasteiger partial charge in [0.05, 0.1) is 17.8 Å². The van der Waals surface area contributed by atoms with E-state index in [1.165, 1.54) is 29.2 Å². The highest BCUT2D eigenvalue weighted by molar-refractivity contribution is 7.18. The molecule has 8 nitrogen and oxygen atoms in total. The number of amides is 1. The van der Waals surface area contributed by atoms with E-state index in [4.69, 9.17) is 4.74 Å². The maximum absolute atomic E-state index is 12.7. The number of rotatable bonds is 5. The molecule has 2 aromatic rings. The smallest absolute Gasteiger partial charge is 0.326 e. The van der Waals surface area contributed by atoms with E-state index < -0.39 is 23.5 Å². The second-order valence-corrected chi connectivity index (χ2v) is 8.72. The van der Waals surface area contributed by atoms with Crippen LogP contribution in [-0.4, -0.2) is 33.1 Å². The van der Waals surface area contributed by atoms with Gasteiger partial charge in [-0.3, -0.25) is 19.0 Å². The molecule has 1 amide bonds. The summed E-state index contributed by atoms with van der Waals surface area (Å²) < 4.78 is 6.39. The summed E-state index contributed by atoms with van der Waals surface area (Å²) in [6.45, 7) is 4.89. The number of esters is 1. The number of nitrogens with zero attached hydrogens (tertiary/aromatic N) is 3. The van der Waals surface area contributed by atoms with Gasteiger partial charge in [0, 0.05) is 4.88 Å². The summed E-state index contributed by atoms with van der Waals surface area (Å²) in [5.41, 5.74) is -0.347. The van der Waals surface area contributed by atoms with Crippen molar-refractivity contribution in [1.29, 1.82) is 5.26 Å². The van der Waals surface area contributed by atoms with E-state index in [9.17, 15) is 19.6 Å². The first-order valence-corrected chi connectivity index (χ1v) is 10.5. The summed E-state index contributed by atoms with van der Waals surface area (Å²) in [5.74, 6) is -1.22. The quantitative estimate of drug-likeness (QED) is 0.749. The molecular weight excluding hydrogens is 392 g/mol. The zero-order valence-corrected chi connectivity index (χ0v) is 17.6. The molecule has 0 bridgehead atoms. The summed E-state index contributed by atoms with van der Waals surface area (Å²) in [6.07, 6.45) is 4.24. The summed E-state index contributed by atoms with van der Waals surface area (Å²) in [7, 11) is 0. The van der Waals surface area contributed by atoms with Gasteiger partial charge in [-0.2, -0.15) is 5.26 Å². The van der Waals surface area contributed by atoms with Gasteiger partial charge in [-0.05, 0) is 39.2 Å². The summed E-state index contributed by atoms with van der Waals surface area (Å²) in [4.78, 5) is 43.3. The molecule has 9 heteroatoms. The third kappa shape index (κ3) is 4.32. The molecule has 2 heterocycles. The van der Waals surface area contributed by atoms with Crippen LogP contribution >= 0.6 is 11.3 Å². The number of carbonyl (C=O) groups is 2. The monoisotopic (exact) mass is 416 g/mol. The molecular formula is C20H24N4O4S. The zero-order chi connectivity index (χ0) is 21.2. The summed E-state index contributed by atoms with van der Waals surface area (Å²) >= 11 is 1.43. The first-order chi connectivity index (χ1) is 13.8. The lowest BCUT2D eigenvalue weighted by atomic mass is 9.83. The maximum Gasteiger partial charge on any atom is 0.326 e. The van der Waals surface area contributed by atoms with Crippen LogP contribution < -0.4 is 10.9 Å². The van der Waals surface area contributed by atoms with Crippen LogP contribution in [0.15, 0.2) is 11.1 Å². The van der Waals surface area contributed by atoms with E-state index in [2.05, 4.69) is 16.4 Å². The second-order valence-electron chi connectivity index (χ2n) is 7.52.